The highest BCUT2D eigenvalue weighted by Gasteiger charge is 2.29. The quantitative estimate of drug-likeness (QED) is 0.700. The van der Waals surface area contributed by atoms with Crippen LogP contribution >= 0.6 is 0 Å². The second kappa shape index (κ2) is 8.09. The Labute approximate surface area is 111 Å². The Morgan fingerprint density at radius 1 is 1.28 bits per heavy atom. The van der Waals surface area contributed by atoms with Gasteiger partial charge in [-0.1, -0.05) is 26.2 Å². The van der Waals surface area contributed by atoms with E-state index in [2.05, 4.69) is 4.72 Å². The molecule has 18 heavy (non-hydrogen) atoms. The molecule has 0 bridgehead atoms. The van der Waals surface area contributed by atoms with E-state index in [1.807, 2.05) is 6.92 Å². The zero-order valence-corrected chi connectivity index (χ0v) is 12.2. The van der Waals surface area contributed by atoms with Crippen molar-refractivity contribution in [1.29, 1.82) is 0 Å². The molecule has 0 aromatic heterocycles. The monoisotopic (exact) mass is 277 g/mol. The number of nitrogens with one attached hydrogen (secondary N) is 1. The summed E-state index contributed by atoms with van der Waals surface area (Å²) in [5.74, 6) is 0. The minimum absolute atomic E-state index is 0.166. The van der Waals surface area contributed by atoms with Crippen LogP contribution in [0.2, 0.25) is 0 Å². The van der Waals surface area contributed by atoms with Gasteiger partial charge in [-0.05, 0) is 32.2 Å². The standard InChI is InChI=1S/C12H27N3O2S/c1-2-10-14-18(16,17)15(11-6-9-13)12-7-4-3-5-8-12/h12,14H,2-11,13H2,1H3. The fourth-order valence-electron chi connectivity index (χ4n) is 2.43. The van der Waals surface area contributed by atoms with Crippen LogP contribution in [0.25, 0.3) is 0 Å². The average molecular weight is 277 g/mol. The van der Waals surface area contributed by atoms with E-state index in [-0.39, 0.29) is 6.04 Å². The summed E-state index contributed by atoms with van der Waals surface area (Å²) < 4.78 is 28.9. The lowest BCUT2D eigenvalue weighted by Gasteiger charge is -2.33. The van der Waals surface area contributed by atoms with Gasteiger partial charge in [0.05, 0.1) is 0 Å². The normalized spacial score (nSPS) is 18.4. The van der Waals surface area contributed by atoms with E-state index in [4.69, 9.17) is 5.73 Å². The van der Waals surface area contributed by atoms with Gasteiger partial charge in [0.1, 0.15) is 0 Å². The van der Waals surface area contributed by atoms with Crippen molar-refractivity contribution in [2.45, 2.75) is 57.9 Å². The van der Waals surface area contributed by atoms with E-state index < -0.39 is 10.2 Å². The Morgan fingerprint density at radius 2 is 1.94 bits per heavy atom. The molecule has 0 heterocycles. The molecule has 0 atom stereocenters. The molecule has 0 saturated heterocycles. The fourth-order valence-corrected chi connectivity index (χ4v) is 4.03. The van der Waals surface area contributed by atoms with Gasteiger partial charge in [-0.2, -0.15) is 12.7 Å². The Hall–Kier alpha value is -0.170. The number of rotatable bonds is 8. The molecule has 108 valence electrons. The van der Waals surface area contributed by atoms with E-state index >= 15 is 0 Å². The predicted octanol–water partition coefficient (Wildman–Crippen LogP) is 1.21. The van der Waals surface area contributed by atoms with Gasteiger partial charge >= 0.3 is 0 Å². The van der Waals surface area contributed by atoms with Crippen LogP contribution in [0, 0.1) is 0 Å². The Morgan fingerprint density at radius 3 is 2.50 bits per heavy atom. The van der Waals surface area contributed by atoms with Crippen molar-refractivity contribution in [2.75, 3.05) is 19.6 Å². The molecule has 0 aromatic rings. The molecule has 1 rings (SSSR count). The van der Waals surface area contributed by atoms with Crippen LogP contribution in [0.3, 0.4) is 0 Å². The lowest BCUT2D eigenvalue weighted by atomic mass is 9.95. The number of nitrogens with two attached hydrogens (primary N) is 1. The molecule has 1 aliphatic rings. The molecule has 0 aliphatic heterocycles. The Kier molecular flexibility index (Phi) is 7.14. The van der Waals surface area contributed by atoms with Gasteiger partial charge in [0.15, 0.2) is 0 Å². The van der Waals surface area contributed by atoms with Crippen LogP contribution in [0.1, 0.15) is 51.9 Å². The van der Waals surface area contributed by atoms with Crippen molar-refractivity contribution in [1.82, 2.24) is 9.03 Å². The highest BCUT2D eigenvalue weighted by atomic mass is 32.2. The topological polar surface area (TPSA) is 75.4 Å². The van der Waals surface area contributed by atoms with Gasteiger partial charge in [-0.25, -0.2) is 4.72 Å². The second-order valence-electron chi connectivity index (χ2n) is 4.94. The largest absolute Gasteiger partial charge is 0.330 e. The van der Waals surface area contributed by atoms with Crippen LogP contribution in [-0.2, 0) is 10.2 Å². The van der Waals surface area contributed by atoms with Gasteiger partial charge in [-0.15, -0.1) is 0 Å². The SMILES string of the molecule is CCCNS(=O)(=O)N(CCCN)C1CCCCC1. The lowest BCUT2D eigenvalue weighted by Crippen LogP contribution is -2.48. The number of nitrogens with zero attached hydrogens (tertiary/aromatic N) is 1. The van der Waals surface area contributed by atoms with Crippen LogP contribution in [0.15, 0.2) is 0 Å². The Bertz CT molecular complexity index is 313. The zero-order chi connectivity index (χ0) is 13.4. The van der Waals surface area contributed by atoms with Crippen molar-refractivity contribution in [2.24, 2.45) is 5.73 Å². The maximum atomic E-state index is 12.3. The first kappa shape index (κ1) is 15.9. The highest BCUT2D eigenvalue weighted by molar-refractivity contribution is 7.87. The Balaban J connectivity index is 2.68. The van der Waals surface area contributed by atoms with Gasteiger partial charge < -0.3 is 5.73 Å². The summed E-state index contributed by atoms with van der Waals surface area (Å²) in [6.45, 7) is 3.55. The van der Waals surface area contributed by atoms with Crippen LogP contribution < -0.4 is 10.5 Å². The molecule has 0 unspecified atom stereocenters. The second-order valence-corrected chi connectivity index (χ2v) is 6.65. The predicted molar refractivity (Wildman–Crippen MR) is 74.5 cm³/mol. The summed E-state index contributed by atoms with van der Waals surface area (Å²) in [4.78, 5) is 0. The van der Waals surface area contributed by atoms with Crippen molar-refractivity contribution in [3.8, 4) is 0 Å². The minimum Gasteiger partial charge on any atom is -0.330 e. The third kappa shape index (κ3) is 4.84. The van der Waals surface area contributed by atoms with Crippen molar-refractivity contribution >= 4 is 10.2 Å². The highest BCUT2D eigenvalue weighted by Crippen LogP contribution is 2.24. The van der Waals surface area contributed by atoms with Crippen LogP contribution in [0.4, 0.5) is 0 Å². The first-order chi connectivity index (χ1) is 8.61. The molecule has 0 aromatic carbocycles. The van der Waals surface area contributed by atoms with Gasteiger partial charge in [-0.3, -0.25) is 0 Å². The summed E-state index contributed by atoms with van der Waals surface area (Å²) in [6.07, 6.45) is 7.00. The summed E-state index contributed by atoms with van der Waals surface area (Å²) in [6, 6.07) is 0.166. The van der Waals surface area contributed by atoms with E-state index in [1.54, 1.807) is 4.31 Å². The maximum absolute atomic E-state index is 12.3. The van der Waals surface area contributed by atoms with E-state index in [9.17, 15) is 8.42 Å². The molecular weight excluding hydrogens is 250 g/mol. The molecule has 1 saturated carbocycles. The molecule has 0 radical (unpaired) electrons. The molecule has 1 fully saturated rings. The molecule has 0 amide bonds. The van der Waals surface area contributed by atoms with E-state index in [1.165, 1.54) is 6.42 Å². The summed E-state index contributed by atoms with van der Waals surface area (Å²) in [5.41, 5.74) is 5.51. The van der Waals surface area contributed by atoms with Crippen molar-refractivity contribution in [3.63, 3.8) is 0 Å². The van der Waals surface area contributed by atoms with Crippen molar-refractivity contribution in [3.05, 3.63) is 0 Å². The van der Waals surface area contributed by atoms with Crippen molar-refractivity contribution < 1.29 is 8.42 Å². The first-order valence-electron chi connectivity index (χ1n) is 7.08. The number of hydrogen-bond acceptors (Lipinski definition) is 3. The van der Waals surface area contributed by atoms with Crippen LogP contribution in [0.5, 0.6) is 0 Å². The molecule has 3 N–H and O–H groups in total. The molecular formula is C12H27N3O2S. The summed E-state index contributed by atoms with van der Waals surface area (Å²) in [5, 5.41) is 0. The zero-order valence-electron chi connectivity index (χ0n) is 11.4. The smallest absolute Gasteiger partial charge is 0.279 e. The molecule has 5 nitrogen and oxygen atoms in total. The molecule has 1 aliphatic carbocycles. The lowest BCUT2D eigenvalue weighted by molar-refractivity contribution is 0.249. The first-order valence-corrected chi connectivity index (χ1v) is 8.52. The number of hydrogen-bond donors (Lipinski definition) is 2. The van der Waals surface area contributed by atoms with Gasteiger partial charge in [0, 0.05) is 19.1 Å². The third-order valence-electron chi connectivity index (χ3n) is 3.41. The van der Waals surface area contributed by atoms with Gasteiger partial charge in [0.2, 0.25) is 0 Å². The molecule has 6 heteroatoms. The van der Waals surface area contributed by atoms with E-state index in [0.717, 1.165) is 38.5 Å². The fraction of sp³-hybridized carbons (Fsp3) is 1.00. The summed E-state index contributed by atoms with van der Waals surface area (Å²) >= 11 is 0. The third-order valence-corrected chi connectivity index (χ3v) is 5.07. The van der Waals surface area contributed by atoms with Crippen LogP contribution in [-0.4, -0.2) is 38.4 Å². The minimum atomic E-state index is -3.33. The summed E-state index contributed by atoms with van der Waals surface area (Å²) in [7, 11) is -3.33. The van der Waals surface area contributed by atoms with Gasteiger partial charge in [0.25, 0.3) is 10.2 Å². The van der Waals surface area contributed by atoms with E-state index in [0.29, 0.717) is 19.6 Å². The molecule has 0 spiro atoms. The maximum Gasteiger partial charge on any atom is 0.279 e. The average Bonchev–Trinajstić information content (AvgIpc) is 2.38.